The van der Waals surface area contributed by atoms with Gasteiger partial charge in [-0.1, -0.05) is 39.0 Å². The van der Waals surface area contributed by atoms with Gasteiger partial charge in [0.2, 0.25) is 0 Å². The molecule has 0 aromatic heterocycles. The molecule has 0 amide bonds. The average molecular weight is 291 g/mol. The lowest BCUT2D eigenvalue weighted by Crippen LogP contribution is -2.38. The lowest BCUT2D eigenvalue weighted by atomic mass is 9.77. The van der Waals surface area contributed by atoms with E-state index < -0.39 is 0 Å². The molecule has 0 spiro atoms. The predicted molar refractivity (Wildman–Crippen MR) is 87.1 cm³/mol. The second kappa shape index (κ2) is 7.81. The van der Waals surface area contributed by atoms with Crippen molar-refractivity contribution >= 4 is 0 Å². The summed E-state index contributed by atoms with van der Waals surface area (Å²) >= 11 is 0. The van der Waals surface area contributed by atoms with Crippen LogP contribution in [0.25, 0.3) is 0 Å². The Morgan fingerprint density at radius 3 is 2.48 bits per heavy atom. The maximum atomic E-state index is 6.11. The van der Waals surface area contributed by atoms with E-state index in [1.165, 1.54) is 5.56 Å². The van der Waals surface area contributed by atoms with Gasteiger partial charge >= 0.3 is 0 Å². The minimum absolute atomic E-state index is 0.204. The SMILES string of the molecule is CCC(C)(CC)c1ccccc1OCCN1CCOCC1. The van der Waals surface area contributed by atoms with E-state index in [-0.39, 0.29) is 5.41 Å². The normalized spacial score (nSPS) is 16.9. The number of morpholine rings is 1. The maximum Gasteiger partial charge on any atom is 0.123 e. The highest BCUT2D eigenvalue weighted by Crippen LogP contribution is 2.36. The van der Waals surface area contributed by atoms with Crippen molar-refractivity contribution in [1.29, 1.82) is 0 Å². The molecule has 3 heteroatoms. The number of hydrogen-bond donors (Lipinski definition) is 0. The molecule has 1 aliphatic heterocycles. The average Bonchev–Trinajstić information content (AvgIpc) is 2.55. The fourth-order valence-corrected chi connectivity index (χ4v) is 2.83. The van der Waals surface area contributed by atoms with Crippen molar-refractivity contribution in [2.45, 2.75) is 39.0 Å². The number of para-hydroxylation sites is 1. The van der Waals surface area contributed by atoms with Gasteiger partial charge in [-0.3, -0.25) is 4.90 Å². The van der Waals surface area contributed by atoms with Gasteiger partial charge in [-0.05, 0) is 29.9 Å². The van der Waals surface area contributed by atoms with Crippen molar-refractivity contribution in [3.8, 4) is 5.75 Å². The molecule has 0 unspecified atom stereocenters. The van der Waals surface area contributed by atoms with Gasteiger partial charge in [-0.15, -0.1) is 0 Å². The van der Waals surface area contributed by atoms with Crippen molar-refractivity contribution in [3.05, 3.63) is 29.8 Å². The van der Waals surface area contributed by atoms with Crippen LogP contribution < -0.4 is 4.74 Å². The molecule has 3 nitrogen and oxygen atoms in total. The first-order chi connectivity index (χ1) is 10.2. The van der Waals surface area contributed by atoms with E-state index in [4.69, 9.17) is 9.47 Å². The molecule has 1 aromatic carbocycles. The van der Waals surface area contributed by atoms with Gasteiger partial charge in [0.1, 0.15) is 12.4 Å². The quantitative estimate of drug-likeness (QED) is 0.768. The number of nitrogens with zero attached hydrogens (tertiary/aromatic N) is 1. The summed E-state index contributed by atoms with van der Waals surface area (Å²) in [6.45, 7) is 12.3. The molecule has 1 fully saturated rings. The fraction of sp³-hybridized carbons (Fsp3) is 0.667. The third kappa shape index (κ3) is 4.21. The van der Waals surface area contributed by atoms with Gasteiger partial charge in [0, 0.05) is 19.6 Å². The van der Waals surface area contributed by atoms with Crippen LogP contribution in [0.15, 0.2) is 24.3 Å². The summed E-state index contributed by atoms with van der Waals surface area (Å²) in [6.07, 6.45) is 2.26. The molecule has 0 radical (unpaired) electrons. The van der Waals surface area contributed by atoms with E-state index in [0.29, 0.717) is 0 Å². The van der Waals surface area contributed by atoms with Gasteiger partial charge in [-0.25, -0.2) is 0 Å². The lowest BCUT2D eigenvalue weighted by Gasteiger charge is -2.30. The molecule has 0 bridgehead atoms. The monoisotopic (exact) mass is 291 g/mol. The Balaban J connectivity index is 1.96. The molecule has 1 aliphatic rings. The molecule has 21 heavy (non-hydrogen) atoms. The Bertz CT molecular complexity index is 423. The molecule has 1 saturated heterocycles. The largest absolute Gasteiger partial charge is 0.492 e. The van der Waals surface area contributed by atoms with Crippen LogP contribution in [0.1, 0.15) is 39.2 Å². The first kappa shape index (κ1) is 16.3. The second-order valence-corrected chi connectivity index (χ2v) is 6.07. The van der Waals surface area contributed by atoms with E-state index in [0.717, 1.165) is 58.0 Å². The number of ether oxygens (including phenoxy) is 2. The van der Waals surface area contributed by atoms with Crippen LogP contribution in [0, 0.1) is 0 Å². The highest BCUT2D eigenvalue weighted by Gasteiger charge is 2.25. The van der Waals surface area contributed by atoms with Crippen LogP contribution in [0.4, 0.5) is 0 Å². The van der Waals surface area contributed by atoms with E-state index in [1.54, 1.807) is 0 Å². The molecule has 1 aromatic rings. The van der Waals surface area contributed by atoms with Crippen molar-refractivity contribution in [2.24, 2.45) is 0 Å². The van der Waals surface area contributed by atoms with E-state index in [1.807, 2.05) is 0 Å². The van der Waals surface area contributed by atoms with Crippen molar-refractivity contribution < 1.29 is 9.47 Å². The number of benzene rings is 1. The van der Waals surface area contributed by atoms with Crippen molar-refractivity contribution in [2.75, 3.05) is 39.5 Å². The van der Waals surface area contributed by atoms with Crippen LogP contribution in [0.5, 0.6) is 5.75 Å². The van der Waals surface area contributed by atoms with E-state index in [9.17, 15) is 0 Å². The van der Waals surface area contributed by atoms with E-state index in [2.05, 4.69) is 49.9 Å². The predicted octanol–water partition coefficient (Wildman–Crippen LogP) is 3.48. The second-order valence-electron chi connectivity index (χ2n) is 6.07. The summed E-state index contributed by atoms with van der Waals surface area (Å²) in [4.78, 5) is 2.41. The third-order valence-electron chi connectivity index (χ3n) is 4.87. The van der Waals surface area contributed by atoms with Crippen molar-refractivity contribution in [3.63, 3.8) is 0 Å². The summed E-state index contributed by atoms with van der Waals surface area (Å²) in [6, 6.07) is 8.52. The topological polar surface area (TPSA) is 21.7 Å². The first-order valence-corrected chi connectivity index (χ1v) is 8.22. The fourth-order valence-electron chi connectivity index (χ4n) is 2.83. The molecule has 2 rings (SSSR count). The van der Waals surface area contributed by atoms with Crippen LogP contribution in [-0.2, 0) is 10.2 Å². The minimum atomic E-state index is 0.204. The van der Waals surface area contributed by atoms with Crippen LogP contribution >= 0.6 is 0 Å². The van der Waals surface area contributed by atoms with Gasteiger partial charge < -0.3 is 9.47 Å². The lowest BCUT2D eigenvalue weighted by molar-refractivity contribution is 0.0321. The molecule has 118 valence electrons. The Labute approximate surface area is 129 Å². The molecule has 1 heterocycles. The molecule has 0 saturated carbocycles. The molecular weight excluding hydrogens is 262 g/mol. The Morgan fingerprint density at radius 2 is 1.81 bits per heavy atom. The Kier molecular flexibility index (Phi) is 6.07. The zero-order valence-electron chi connectivity index (χ0n) is 13.7. The first-order valence-electron chi connectivity index (χ1n) is 8.22. The van der Waals surface area contributed by atoms with E-state index >= 15 is 0 Å². The van der Waals surface area contributed by atoms with Gasteiger partial charge in [0.15, 0.2) is 0 Å². The van der Waals surface area contributed by atoms with Crippen LogP contribution in [-0.4, -0.2) is 44.4 Å². The maximum absolute atomic E-state index is 6.11. The minimum Gasteiger partial charge on any atom is -0.492 e. The standard InChI is InChI=1S/C18H29NO2/c1-4-18(3,5-2)16-8-6-7-9-17(16)21-15-12-19-10-13-20-14-11-19/h6-9H,4-5,10-15H2,1-3H3. The molecular formula is C18H29NO2. The smallest absolute Gasteiger partial charge is 0.123 e. The van der Waals surface area contributed by atoms with Gasteiger partial charge in [0.05, 0.1) is 13.2 Å². The number of hydrogen-bond acceptors (Lipinski definition) is 3. The highest BCUT2D eigenvalue weighted by molar-refractivity contribution is 5.39. The summed E-state index contributed by atoms with van der Waals surface area (Å²) in [7, 11) is 0. The summed E-state index contributed by atoms with van der Waals surface area (Å²) in [5, 5.41) is 0. The number of rotatable bonds is 7. The summed E-state index contributed by atoms with van der Waals surface area (Å²) < 4.78 is 11.5. The van der Waals surface area contributed by atoms with Crippen LogP contribution in [0.3, 0.4) is 0 Å². The van der Waals surface area contributed by atoms with Crippen LogP contribution in [0.2, 0.25) is 0 Å². The van der Waals surface area contributed by atoms with Crippen molar-refractivity contribution in [1.82, 2.24) is 4.90 Å². The highest BCUT2D eigenvalue weighted by atomic mass is 16.5. The van der Waals surface area contributed by atoms with Gasteiger partial charge in [-0.2, -0.15) is 0 Å². The molecule has 0 aliphatic carbocycles. The Hall–Kier alpha value is -1.06. The molecule has 0 N–H and O–H groups in total. The molecule has 0 atom stereocenters. The zero-order valence-corrected chi connectivity index (χ0v) is 13.7. The zero-order chi connectivity index (χ0) is 15.1. The summed E-state index contributed by atoms with van der Waals surface area (Å²) in [5.41, 5.74) is 1.55. The third-order valence-corrected chi connectivity index (χ3v) is 4.87. The summed E-state index contributed by atoms with van der Waals surface area (Å²) in [5.74, 6) is 1.05. The Morgan fingerprint density at radius 1 is 1.14 bits per heavy atom. The van der Waals surface area contributed by atoms with Gasteiger partial charge in [0.25, 0.3) is 0 Å².